The molecule has 6 heteroatoms. The van der Waals surface area contributed by atoms with Crippen molar-refractivity contribution in [2.45, 2.75) is 90.9 Å². The molecule has 2 rings (SSSR count). The monoisotopic (exact) mass is 440 g/mol. The molecular formula is C26H36N2O4. The number of ether oxygens (including phenoxy) is 2. The van der Waals surface area contributed by atoms with E-state index in [-0.39, 0.29) is 11.9 Å². The van der Waals surface area contributed by atoms with Crippen LogP contribution in [-0.2, 0) is 9.59 Å². The Hall–Kier alpha value is -2.76. The van der Waals surface area contributed by atoms with Crippen molar-refractivity contribution in [3.8, 4) is 22.9 Å². The first-order valence-corrected chi connectivity index (χ1v) is 12.0. The minimum absolute atomic E-state index is 0.211. The van der Waals surface area contributed by atoms with E-state index in [1.807, 2.05) is 0 Å². The molecule has 0 aliphatic heterocycles. The Morgan fingerprint density at radius 3 is 1.69 bits per heavy atom. The lowest BCUT2D eigenvalue weighted by molar-refractivity contribution is -0.135. The maximum Gasteiger partial charge on any atom is 0.311 e. The Kier molecular flexibility index (Phi) is 12.0. The number of esters is 2. The topological polar surface area (TPSA) is 78.4 Å². The molecule has 0 amide bonds. The van der Waals surface area contributed by atoms with Crippen LogP contribution in [-0.4, -0.2) is 21.9 Å². The molecule has 1 aromatic carbocycles. The molecule has 0 saturated carbocycles. The molecule has 0 atom stereocenters. The molecule has 0 bridgehead atoms. The van der Waals surface area contributed by atoms with Gasteiger partial charge in [0.2, 0.25) is 0 Å². The van der Waals surface area contributed by atoms with Crippen molar-refractivity contribution in [3.63, 3.8) is 0 Å². The number of unbranched alkanes of at least 4 members (excludes halogenated alkanes) is 8. The fraction of sp³-hybridized carbons (Fsp3) is 0.538. The zero-order valence-corrected chi connectivity index (χ0v) is 19.5. The number of carbonyl (C=O) groups excluding carboxylic acids is 2. The van der Waals surface area contributed by atoms with Crippen molar-refractivity contribution in [3.05, 3.63) is 36.7 Å². The minimum Gasteiger partial charge on any atom is -0.427 e. The van der Waals surface area contributed by atoms with Crippen molar-refractivity contribution in [1.29, 1.82) is 0 Å². The molecule has 0 unspecified atom stereocenters. The quantitative estimate of drug-likeness (QED) is 0.175. The van der Waals surface area contributed by atoms with Gasteiger partial charge in [-0.3, -0.25) is 9.59 Å². The van der Waals surface area contributed by atoms with Crippen molar-refractivity contribution < 1.29 is 19.1 Å². The number of rotatable bonds is 15. The Labute approximate surface area is 191 Å². The number of hydrogen-bond acceptors (Lipinski definition) is 6. The molecule has 174 valence electrons. The van der Waals surface area contributed by atoms with Gasteiger partial charge < -0.3 is 9.47 Å². The summed E-state index contributed by atoms with van der Waals surface area (Å²) in [4.78, 5) is 32.4. The molecule has 2 aromatic rings. The van der Waals surface area contributed by atoms with Gasteiger partial charge in [-0.15, -0.1) is 0 Å². The largest absolute Gasteiger partial charge is 0.427 e. The van der Waals surface area contributed by atoms with Crippen molar-refractivity contribution in [2.75, 3.05) is 0 Å². The van der Waals surface area contributed by atoms with Crippen LogP contribution >= 0.6 is 0 Å². The van der Waals surface area contributed by atoms with E-state index in [9.17, 15) is 9.59 Å². The number of hydrogen-bond donors (Lipinski definition) is 0. The second-order valence-electron chi connectivity index (χ2n) is 8.04. The molecule has 0 fully saturated rings. The predicted octanol–water partition coefficient (Wildman–Crippen LogP) is 6.68. The van der Waals surface area contributed by atoms with Gasteiger partial charge in [-0.1, -0.05) is 65.2 Å². The Morgan fingerprint density at radius 1 is 0.656 bits per heavy atom. The van der Waals surface area contributed by atoms with Gasteiger partial charge in [-0.2, -0.15) is 0 Å². The third-order valence-corrected chi connectivity index (χ3v) is 5.17. The van der Waals surface area contributed by atoms with Crippen LogP contribution < -0.4 is 9.47 Å². The predicted molar refractivity (Wildman–Crippen MR) is 125 cm³/mol. The van der Waals surface area contributed by atoms with Crippen LogP contribution in [0.3, 0.4) is 0 Å². The minimum atomic E-state index is -0.252. The molecule has 0 N–H and O–H groups in total. The van der Waals surface area contributed by atoms with E-state index in [1.165, 1.54) is 31.7 Å². The third-order valence-electron chi connectivity index (χ3n) is 5.17. The van der Waals surface area contributed by atoms with Gasteiger partial charge in [0.05, 0.1) is 12.4 Å². The summed E-state index contributed by atoms with van der Waals surface area (Å²) >= 11 is 0. The summed E-state index contributed by atoms with van der Waals surface area (Å²) in [6.07, 6.45) is 14.8. The molecule has 0 radical (unpaired) electrons. The molecule has 1 heterocycles. The summed E-state index contributed by atoms with van der Waals surface area (Å²) in [5.74, 6) is 0.904. The van der Waals surface area contributed by atoms with E-state index in [0.717, 1.165) is 50.5 Å². The Bertz CT molecular complexity index is 804. The fourth-order valence-corrected chi connectivity index (χ4v) is 3.30. The summed E-state index contributed by atoms with van der Waals surface area (Å²) in [5.41, 5.74) is 0.790. The van der Waals surface area contributed by atoms with Crippen LogP contribution in [0.5, 0.6) is 11.5 Å². The van der Waals surface area contributed by atoms with E-state index >= 15 is 0 Å². The summed E-state index contributed by atoms with van der Waals surface area (Å²) in [6.45, 7) is 4.33. The van der Waals surface area contributed by atoms with Crippen LogP contribution in [0.4, 0.5) is 0 Å². The lowest BCUT2D eigenvalue weighted by Crippen LogP contribution is -2.08. The van der Waals surface area contributed by atoms with E-state index < -0.39 is 0 Å². The van der Waals surface area contributed by atoms with Crippen molar-refractivity contribution >= 4 is 11.9 Å². The number of nitrogens with zero attached hydrogens (tertiary/aromatic N) is 2. The van der Waals surface area contributed by atoms with Crippen molar-refractivity contribution in [2.24, 2.45) is 0 Å². The van der Waals surface area contributed by atoms with Crippen molar-refractivity contribution in [1.82, 2.24) is 9.97 Å². The van der Waals surface area contributed by atoms with Crippen LogP contribution in [0.1, 0.15) is 90.9 Å². The van der Waals surface area contributed by atoms with Gasteiger partial charge in [0.1, 0.15) is 5.75 Å². The number of benzene rings is 1. The molecule has 0 saturated heterocycles. The Morgan fingerprint density at radius 2 is 1.12 bits per heavy atom. The first-order chi connectivity index (χ1) is 15.6. The standard InChI is InChI=1S/C26H36N2O4/c1-3-5-7-9-10-12-14-25(30)32-23-19-27-26(28-20-23)21-15-17-22(18-16-21)31-24(29)13-11-8-6-4-2/h15-20H,3-14H2,1-2H3. The highest BCUT2D eigenvalue weighted by Crippen LogP contribution is 2.21. The average molecular weight is 441 g/mol. The molecule has 32 heavy (non-hydrogen) atoms. The smallest absolute Gasteiger partial charge is 0.311 e. The van der Waals surface area contributed by atoms with E-state index in [4.69, 9.17) is 9.47 Å². The fourth-order valence-electron chi connectivity index (χ4n) is 3.30. The highest BCUT2D eigenvalue weighted by molar-refractivity contribution is 5.73. The summed E-state index contributed by atoms with van der Waals surface area (Å²) in [7, 11) is 0. The summed E-state index contributed by atoms with van der Waals surface area (Å²) < 4.78 is 10.7. The van der Waals surface area contributed by atoms with Gasteiger partial charge >= 0.3 is 11.9 Å². The van der Waals surface area contributed by atoms with E-state index in [2.05, 4.69) is 23.8 Å². The first-order valence-electron chi connectivity index (χ1n) is 12.0. The maximum atomic E-state index is 12.0. The SMILES string of the molecule is CCCCCCCCC(=O)Oc1cnc(-c2ccc(OC(=O)CCCCCC)cc2)nc1. The second kappa shape index (κ2) is 15.1. The van der Waals surface area contributed by atoms with Crippen LogP contribution in [0.2, 0.25) is 0 Å². The lowest BCUT2D eigenvalue weighted by Gasteiger charge is -2.07. The third kappa shape index (κ3) is 10.0. The number of aromatic nitrogens is 2. The molecule has 6 nitrogen and oxygen atoms in total. The zero-order chi connectivity index (χ0) is 23.0. The molecule has 0 aliphatic rings. The van der Waals surface area contributed by atoms with E-state index in [0.29, 0.717) is 30.2 Å². The summed E-state index contributed by atoms with van der Waals surface area (Å²) in [6, 6.07) is 7.08. The zero-order valence-electron chi connectivity index (χ0n) is 19.5. The van der Waals surface area contributed by atoms with Gasteiger partial charge in [-0.25, -0.2) is 9.97 Å². The van der Waals surface area contributed by atoms with Gasteiger partial charge in [0.15, 0.2) is 11.6 Å². The molecule has 1 aromatic heterocycles. The first kappa shape index (κ1) is 25.5. The van der Waals surface area contributed by atoms with Gasteiger partial charge in [-0.05, 0) is 37.1 Å². The molecular weight excluding hydrogens is 404 g/mol. The Balaban J connectivity index is 1.76. The van der Waals surface area contributed by atoms with Crippen LogP contribution in [0.15, 0.2) is 36.7 Å². The maximum absolute atomic E-state index is 12.0. The highest BCUT2D eigenvalue weighted by atomic mass is 16.5. The summed E-state index contributed by atoms with van der Waals surface area (Å²) in [5, 5.41) is 0. The number of carbonyl (C=O) groups is 2. The van der Waals surface area contributed by atoms with Crippen LogP contribution in [0, 0.1) is 0 Å². The lowest BCUT2D eigenvalue weighted by atomic mass is 10.1. The molecule has 0 spiro atoms. The second-order valence-corrected chi connectivity index (χ2v) is 8.04. The molecule has 0 aliphatic carbocycles. The van der Waals surface area contributed by atoms with Gasteiger partial charge in [0, 0.05) is 18.4 Å². The highest BCUT2D eigenvalue weighted by Gasteiger charge is 2.09. The normalized spacial score (nSPS) is 10.7. The van der Waals surface area contributed by atoms with Crippen LogP contribution in [0.25, 0.3) is 11.4 Å². The van der Waals surface area contributed by atoms with E-state index in [1.54, 1.807) is 24.3 Å². The average Bonchev–Trinajstić information content (AvgIpc) is 2.80. The van der Waals surface area contributed by atoms with Gasteiger partial charge in [0.25, 0.3) is 0 Å².